The molecule has 3 rings (SSSR count). The number of nitrogens with zero attached hydrogens (tertiary/aromatic N) is 2. The summed E-state index contributed by atoms with van der Waals surface area (Å²) in [6, 6.07) is 7.61. The zero-order chi connectivity index (χ0) is 16.2. The van der Waals surface area contributed by atoms with Gasteiger partial charge in [-0.25, -0.2) is 0 Å². The SMILES string of the molecule is CC(=O)Nc1ccc(C(=O)N2CCC(N3CCNCC3)C2)cc1. The Labute approximate surface area is 136 Å². The standard InChI is InChI=1S/C17H24N4O2/c1-13(22)19-15-4-2-14(3-5-15)17(23)21-9-6-16(12-21)20-10-7-18-8-11-20/h2-5,16,18H,6-12H2,1H3,(H,19,22). The van der Waals surface area contributed by atoms with Crippen molar-refractivity contribution in [1.82, 2.24) is 15.1 Å². The lowest BCUT2D eigenvalue weighted by Crippen LogP contribution is -2.49. The predicted molar refractivity (Wildman–Crippen MR) is 89.5 cm³/mol. The van der Waals surface area contributed by atoms with Crippen molar-refractivity contribution in [3.8, 4) is 0 Å². The molecular weight excluding hydrogens is 292 g/mol. The molecule has 23 heavy (non-hydrogen) atoms. The minimum atomic E-state index is -0.109. The molecule has 1 aromatic rings. The molecule has 2 aliphatic heterocycles. The van der Waals surface area contributed by atoms with Gasteiger partial charge in [0.05, 0.1) is 0 Å². The molecule has 6 nitrogen and oxygen atoms in total. The van der Waals surface area contributed by atoms with Gasteiger partial charge >= 0.3 is 0 Å². The van der Waals surface area contributed by atoms with E-state index in [-0.39, 0.29) is 11.8 Å². The van der Waals surface area contributed by atoms with Crippen LogP contribution in [0.2, 0.25) is 0 Å². The van der Waals surface area contributed by atoms with Crippen LogP contribution in [0.1, 0.15) is 23.7 Å². The molecule has 0 bridgehead atoms. The first-order valence-corrected chi connectivity index (χ1v) is 8.25. The summed E-state index contributed by atoms with van der Waals surface area (Å²) < 4.78 is 0. The van der Waals surface area contributed by atoms with E-state index in [9.17, 15) is 9.59 Å². The maximum absolute atomic E-state index is 12.6. The Balaban J connectivity index is 1.59. The first-order valence-electron chi connectivity index (χ1n) is 8.25. The lowest BCUT2D eigenvalue weighted by Gasteiger charge is -2.32. The molecule has 2 saturated heterocycles. The van der Waals surface area contributed by atoms with Crippen molar-refractivity contribution >= 4 is 17.5 Å². The molecule has 0 saturated carbocycles. The van der Waals surface area contributed by atoms with Crippen LogP contribution in [0.3, 0.4) is 0 Å². The Kier molecular flexibility index (Phi) is 4.93. The number of amides is 2. The molecule has 1 unspecified atom stereocenters. The van der Waals surface area contributed by atoms with Crippen LogP contribution >= 0.6 is 0 Å². The molecule has 2 heterocycles. The second kappa shape index (κ2) is 7.10. The highest BCUT2D eigenvalue weighted by molar-refractivity contribution is 5.95. The molecule has 6 heteroatoms. The summed E-state index contributed by atoms with van der Waals surface area (Å²) >= 11 is 0. The monoisotopic (exact) mass is 316 g/mol. The highest BCUT2D eigenvalue weighted by atomic mass is 16.2. The van der Waals surface area contributed by atoms with Crippen LogP contribution in [0.4, 0.5) is 5.69 Å². The van der Waals surface area contributed by atoms with Gasteiger partial charge in [0.2, 0.25) is 5.91 Å². The average molecular weight is 316 g/mol. The molecule has 1 aromatic carbocycles. The van der Waals surface area contributed by atoms with Gasteiger partial charge in [0.1, 0.15) is 0 Å². The van der Waals surface area contributed by atoms with Gasteiger partial charge in [0.25, 0.3) is 5.91 Å². The fraction of sp³-hybridized carbons (Fsp3) is 0.529. The van der Waals surface area contributed by atoms with E-state index < -0.39 is 0 Å². The maximum Gasteiger partial charge on any atom is 0.253 e. The molecular formula is C17H24N4O2. The second-order valence-electron chi connectivity index (χ2n) is 6.24. The molecule has 0 aromatic heterocycles. The van der Waals surface area contributed by atoms with Crippen molar-refractivity contribution in [2.24, 2.45) is 0 Å². The fourth-order valence-electron chi connectivity index (χ4n) is 3.35. The normalized spacial score (nSPS) is 22.1. The molecule has 1 atom stereocenters. The summed E-state index contributed by atoms with van der Waals surface area (Å²) in [4.78, 5) is 28.1. The van der Waals surface area contributed by atoms with Crippen molar-refractivity contribution in [1.29, 1.82) is 0 Å². The van der Waals surface area contributed by atoms with E-state index in [0.717, 1.165) is 45.7 Å². The van der Waals surface area contributed by atoms with Crippen molar-refractivity contribution in [3.63, 3.8) is 0 Å². The molecule has 2 aliphatic rings. The van der Waals surface area contributed by atoms with Gasteiger partial charge in [-0.15, -0.1) is 0 Å². The number of hydrogen-bond donors (Lipinski definition) is 2. The van der Waals surface area contributed by atoms with Crippen molar-refractivity contribution < 1.29 is 9.59 Å². The van der Waals surface area contributed by atoms with Crippen molar-refractivity contribution in [2.75, 3.05) is 44.6 Å². The van der Waals surface area contributed by atoms with E-state index in [1.165, 1.54) is 6.92 Å². The molecule has 0 radical (unpaired) electrons. The Morgan fingerprint density at radius 1 is 1.13 bits per heavy atom. The lowest BCUT2D eigenvalue weighted by molar-refractivity contribution is -0.114. The minimum absolute atomic E-state index is 0.0806. The summed E-state index contributed by atoms with van der Waals surface area (Å²) in [5.41, 5.74) is 1.40. The first-order chi connectivity index (χ1) is 11.1. The summed E-state index contributed by atoms with van der Waals surface area (Å²) in [6.45, 7) is 7.31. The van der Waals surface area contributed by atoms with Crippen LogP contribution in [0.5, 0.6) is 0 Å². The van der Waals surface area contributed by atoms with Gasteiger partial charge in [-0.2, -0.15) is 0 Å². The highest BCUT2D eigenvalue weighted by Crippen LogP contribution is 2.19. The average Bonchev–Trinajstić information content (AvgIpc) is 3.05. The first kappa shape index (κ1) is 16.0. The number of carbonyl (C=O) groups excluding carboxylic acids is 2. The van der Waals surface area contributed by atoms with E-state index in [1.54, 1.807) is 24.3 Å². The fourth-order valence-corrected chi connectivity index (χ4v) is 3.35. The predicted octanol–water partition coefficient (Wildman–Crippen LogP) is 0.765. The Morgan fingerprint density at radius 2 is 1.83 bits per heavy atom. The molecule has 2 fully saturated rings. The number of likely N-dealkylation sites (tertiary alicyclic amines) is 1. The Hall–Kier alpha value is -1.92. The smallest absolute Gasteiger partial charge is 0.253 e. The topological polar surface area (TPSA) is 64.7 Å². The number of carbonyl (C=O) groups is 2. The van der Waals surface area contributed by atoms with Crippen LogP contribution in [0, 0.1) is 0 Å². The van der Waals surface area contributed by atoms with Crippen molar-refractivity contribution in [3.05, 3.63) is 29.8 Å². The third-order valence-corrected chi connectivity index (χ3v) is 4.57. The van der Waals surface area contributed by atoms with Crippen LogP contribution in [-0.2, 0) is 4.79 Å². The minimum Gasteiger partial charge on any atom is -0.337 e. The maximum atomic E-state index is 12.6. The van der Waals surface area contributed by atoms with E-state index in [4.69, 9.17) is 0 Å². The Morgan fingerprint density at radius 3 is 2.48 bits per heavy atom. The zero-order valence-electron chi connectivity index (χ0n) is 13.5. The summed E-state index contributed by atoms with van der Waals surface area (Å²) in [5, 5.41) is 6.08. The summed E-state index contributed by atoms with van der Waals surface area (Å²) in [7, 11) is 0. The van der Waals surface area contributed by atoms with E-state index in [0.29, 0.717) is 17.3 Å². The third kappa shape index (κ3) is 3.89. The number of benzene rings is 1. The summed E-state index contributed by atoms with van der Waals surface area (Å²) in [6.07, 6.45) is 1.05. The van der Waals surface area contributed by atoms with E-state index >= 15 is 0 Å². The van der Waals surface area contributed by atoms with Crippen LogP contribution in [0.15, 0.2) is 24.3 Å². The number of hydrogen-bond acceptors (Lipinski definition) is 4. The highest BCUT2D eigenvalue weighted by Gasteiger charge is 2.31. The van der Waals surface area contributed by atoms with Gasteiger partial charge in [0.15, 0.2) is 0 Å². The molecule has 2 N–H and O–H groups in total. The molecule has 0 aliphatic carbocycles. The zero-order valence-corrected chi connectivity index (χ0v) is 13.5. The lowest BCUT2D eigenvalue weighted by atomic mass is 10.2. The molecule has 2 amide bonds. The van der Waals surface area contributed by atoms with Gasteiger partial charge in [-0.3, -0.25) is 14.5 Å². The molecule has 124 valence electrons. The van der Waals surface area contributed by atoms with Gasteiger partial charge < -0.3 is 15.5 Å². The van der Waals surface area contributed by atoms with E-state index in [1.807, 2.05) is 4.90 Å². The van der Waals surface area contributed by atoms with Gasteiger partial charge in [0, 0.05) is 63.5 Å². The van der Waals surface area contributed by atoms with Crippen LogP contribution in [0.25, 0.3) is 0 Å². The van der Waals surface area contributed by atoms with Crippen LogP contribution in [-0.4, -0.2) is 66.9 Å². The summed E-state index contributed by atoms with van der Waals surface area (Å²) in [5.74, 6) is -0.0282. The van der Waals surface area contributed by atoms with Crippen molar-refractivity contribution in [2.45, 2.75) is 19.4 Å². The van der Waals surface area contributed by atoms with E-state index in [2.05, 4.69) is 15.5 Å². The third-order valence-electron chi connectivity index (χ3n) is 4.57. The largest absolute Gasteiger partial charge is 0.337 e. The number of anilines is 1. The number of piperazine rings is 1. The van der Waals surface area contributed by atoms with Gasteiger partial charge in [-0.1, -0.05) is 0 Å². The van der Waals surface area contributed by atoms with Gasteiger partial charge in [-0.05, 0) is 30.7 Å². The molecule has 0 spiro atoms. The number of nitrogens with one attached hydrogen (secondary N) is 2. The van der Waals surface area contributed by atoms with Crippen LogP contribution < -0.4 is 10.6 Å². The Bertz CT molecular complexity index is 566. The second-order valence-corrected chi connectivity index (χ2v) is 6.24. The number of rotatable bonds is 3. The quantitative estimate of drug-likeness (QED) is 0.864.